The van der Waals surface area contributed by atoms with Crippen LogP contribution < -0.4 is 10.6 Å². The molecular formula is C27H30N6O. The number of pyridine rings is 2. The van der Waals surface area contributed by atoms with Crippen molar-refractivity contribution in [3.63, 3.8) is 0 Å². The van der Waals surface area contributed by atoms with Crippen molar-refractivity contribution in [1.82, 2.24) is 25.3 Å². The van der Waals surface area contributed by atoms with Crippen LogP contribution in [0.2, 0.25) is 0 Å². The van der Waals surface area contributed by atoms with Gasteiger partial charge in [0.2, 0.25) is 0 Å². The number of rotatable bonds is 7. The van der Waals surface area contributed by atoms with Crippen LogP contribution in [0.3, 0.4) is 0 Å². The average molecular weight is 455 g/mol. The van der Waals surface area contributed by atoms with E-state index in [1.54, 1.807) is 13.4 Å². The lowest BCUT2D eigenvalue weighted by molar-refractivity contribution is 0.0964. The lowest BCUT2D eigenvalue weighted by Crippen LogP contribution is -2.20. The van der Waals surface area contributed by atoms with Crippen molar-refractivity contribution in [2.45, 2.75) is 33.6 Å². The van der Waals surface area contributed by atoms with Gasteiger partial charge in [-0.3, -0.25) is 14.8 Å². The first-order valence-electron chi connectivity index (χ1n) is 11.5. The molecule has 3 heterocycles. The summed E-state index contributed by atoms with van der Waals surface area (Å²) in [5, 5.41) is 7.07. The molecule has 0 spiro atoms. The number of benzene rings is 1. The Kier molecular flexibility index (Phi) is 6.82. The standard InChI is InChI=1S/C27H30N6O/c1-16(13-30-25-12-24(31-15-32-25)20-10-9-17(2)29-14-20)19(4)21-7-6-8-22-23(27(34)28-5)11-18(3)33-26(21)22/h6-12,14-16,19H,13H2,1-5H3,(H,28,34)(H,30,31,32)/t16-,19?/m1/s1. The fraction of sp³-hybridized carbons (Fsp3) is 0.296. The van der Waals surface area contributed by atoms with Crippen LogP contribution in [0.25, 0.3) is 22.2 Å². The molecule has 0 saturated carbocycles. The van der Waals surface area contributed by atoms with E-state index in [1.165, 1.54) is 0 Å². The molecule has 174 valence electrons. The zero-order valence-corrected chi connectivity index (χ0v) is 20.3. The SMILES string of the molecule is CNC(=O)c1cc(C)nc2c(C(C)[C@H](C)CNc3cc(-c4ccc(C)nc4)ncn3)cccc12. The third-order valence-electron chi connectivity index (χ3n) is 6.29. The maximum Gasteiger partial charge on any atom is 0.251 e. The van der Waals surface area contributed by atoms with Gasteiger partial charge in [-0.05, 0) is 49.4 Å². The molecule has 1 amide bonds. The van der Waals surface area contributed by atoms with Gasteiger partial charge in [0.05, 0.1) is 16.8 Å². The predicted molar refractivity (Wildman–Crippen MR) is 136 cm³/mol. The number of hydrogen-bond donors (Lipinski definition) is 2. The minimum Gasteiger partial charge on any atom is -0.370 e. The molecule has 3 aromatic heterocycles. The first kappa shape index (κ1) is 23.3. The topological polar surface area (TPSA) is 92.7 Å². The second-order valence-corrected chi connectivity index (χ2v) is 8.76. The van der Waals surface area contributed by atoms with E-state index in [4.69, 9.17) is 4.98 Å². The molecule has 0 radical (unpaired) electrons. The minimum atomic E-state index is -0.0987. The van der Waals surface area contributed by atoms with Gasteiger partial charge in [-0.15, -0.1) is 0 Å². The van der Waals surface area contributed by atoms with Gasteiger partial charge in [0.25, 0.3) is 5.91 Å². The zero-order chi connectivity index (χ0) is 24.2. The van der Waals surface area contributed by atoms with Crippen molar-refractivity contribution in [2.24, 2.45) is 5.92 Å². The van der Waals surface area contributed by atoms with E-state index in [9.17, 15) is 4.79 Å². The fourth-order valence-electron chi connectivity index (χ4n) is 4.07. The summed E-state index contributed by atoms with van der Waals surface area (Å²) in [4.78, 5) is 30.4. The van der Waals surface area contributed by atoms with Crippen molar-refractivity contribution in [3.8, 4) is 11.3 Å². The summed E-state index contributed by atoms with van der Waals surface area (Å²) in [7, 11) is 1.65. The van der Waals surface area contributed by atoms with Crippen molar-refractivity contribution < 1.29 is 4.79 Å². The number of aryl methyl sites for hydroxylation is 2. The number of para-hydroxylation sites is 1. The number of carbonyl (C=O) groups is 1. The van der Waals surface area contributed by atoms with Crippen LogP contribution in [0.5, 0.6) is 0 Å². The molecule has 1 unspecified atom stereocenters. The van der Waals surface area contributed by atoms with Crippen LogP contribution in [0.4, 0.5) is 5.82 Å². The Hall–Kier alpha value is -3.87. The highest BCUT2D eigenvalue weighted by atomic mass is 16.1. The maximum atomic E-state index is 12.4. The first-order valence-corrected chi connectivity index (χ1v) is 11.5. The molecular weight excluding hydrogens is 424 g/mol. The Morgan fingerprint density at radius 3 is 2.56 bits per heavy atom. The monoisotopic (exact) mass is 454 g/mol. The van der Waals surface area contributed by atoms with Gasteiger partial charge in [0.15, 0.2) is 0 Å². The van der Waals surface area contributed by atoms with Crippen molar-refractivity contribution in [2.75, 3.05) is 18.9 Å². The summed E-state index contributed by atoms with van der Waals surface area (Å²) in [5.41, 5.74) is 6.27. The van der Waals surface area contributed by atoms with Gasteiger partial charge in [-0.25, -0.2) is 9.97 Å². The number of carbonyl (C=O) groups excluding carboxylic acids is 1. The largest absolute Gasteiger partial charge is 0.370 e. The van der Waals surface area contributed by atoms with E-state index < -0.39 is 0 Å². The average Bonchev–Trinajstić information content (AvgIpc) is 2.86. The van der Waals surface area contributed by atoms with Gasteiger partial charge >= 0.3 is 0 Å². The highest BCUT2D eigenvalue weighted by Crippen LogP contribution is 2.31. The quantitative estimate of drug-likeness (QED) is 0.412. The first-order chi connectivity index (χ1) is 16.4. The van der Waals surface area contributed by atoms with E-state index in [-0.39, 0.29) is 17.7 Å². The van der Waals surface area contributed by atoms with Crippen molar-refractivity contribution in [3.05, 3.63) is 77.5 Å². The fourth-order valence-corrected chi connectivity index (χ4v) is 4.07. The Bertz CT molecular complexity index is 1320. The predicted octanol–water partition coefficient (Wildman–Crippen LogP) is 4.91. The van der Waals surface area contributed by atoms with Crippen LogP contribution in [0, 0.1) is 19.8 Å². The smallest absolute Gasteiger partial charge is 0.251 e. The van der Waals surface area contributed by atoms with Gasteiger partial charge in [0.1, 0.15) is 12.1 Å². The Morgan fingerprint density at radius 1 is 1.00 bits per heavy atom. The maximum absolute atomic E-state index is 12.4. The van der Waals surface area contributed by atoms with E-state index in [2.05, 4.69) is 45.5 Å². The van der Waals surface area contributed by atoms with Crippen LogP contribution >= 0.6 is 0 Å². The van der Waals surface area contributed by atoms with Crippen LogP contribution in [0.15, 0.2) is 55.0 Å². The Labute approximate surface area is 200 Å². The second kappa shape index (κ2) is 9.95. The van der Waals surface area contributed by atoms with E-state index in [1.807, 2.05) is 56.4 Å². The number of fused-ring (bicyclic) bond motifs is 1. The highest BCUT2D eigenvalue weighted by Gasteiger charge is 2.20. The number of amides is 1. The molecule has 0 aliphatic heterocycles. The van der Waals surface area contributed by atoms with Gasteiger partial charge in [-0.2, -0.15) is 0 Å². The summed E-state index contributed by atoms with van der Waals surface area (Å²) in [6.45, 7) is 9.03. The van der Waals surface area contributed by atoms with Crippen LogP contribution in [-0.2, 0) is 0 Å². The number of nitrogens with zero attached hydrogens (tertiary/aromatic N) is 4. The molecule has 4 aromatic rings. The highest BCUT2D eigenvalue weighted by molar-refractivity contribution is 6.06. The third kappa shape index (κ3) is 4.88. The molecule has 0 aliphatic carbocycles. The molecule has 4 rings (SSSR count). The summed E-state index contributed by atoms with van der Waals surface area (Å²) < 4.78 is 0. The molecule has 2 atom stereocenters. The van der Waals surface area contributed by atoms with Crippen LogP contribution in [0.1, 0.15) is 47.1 Å². The van der Waals surface area contributed by atoms with E-state index in [0.717, 1.165) is 51.5 Å². The number of hydrogen-bond acceptors (Lipinski definition) is 6. The minimum absolute atomic E-state index is 0.0987. The molecule has 0 aliphatic rings. The molecule has 1 aromatic carbocycles. The number of aromatic nitrogens is 4. The van der Waals surface area contributed by atoms with Gasteiger partial charge in [-0.1, -0.05) is 32.0 Å². The van der Waals surface area contributed by atoms with Crippen LogP contribution in [-0.4, -0.2) is 39.4 Å². The summed E-state index contributed by atoms with van der Waals surface area (Å²) >= 11 is 0. The van der Waals surface area contributed by atoms with E-state index >= 15 is 0 Å². The molecule has 7 heteroatoms. The van der Waals surface area contributed by atoms with Crippen molar-refractivity contribution >= 4 is 22.6 Å². The Morgan fingerprint density at radius 2 is 1.82 bits per heavy atom. The molecule has 34 heavy (non-hydrogen) atoms. The number of anilines is 1. The normalized spacial score (nSPS) is 12.9. The molecule has 0 fully saturated rings. The lowest BCUT2D eigenvalue weighted by atomic mass is 9.86. The summed E-state index contributed by atoms with van der Waals surface area (Å²) in [6, 6.07) is 13.9. The number of nitrogens with one attached hydrogen (secondary N) is 2. The summed E-state index contributed by atoms with van der Waals surface area (Å²) in [5.74, 6) is 1.18. The van der Waals surface area contributed by atoms with Crippen molar-refractivity contribution in [1.29, 1.82) is 0 Å². The van der Waals surface area contributed by atoms with Gasteiger partial charge in [0, 0.05) is 48.2 Å². The molecule has 0 saturated heterocycles. The zero-order valence-electron chi connectivity index (χ0n) is 20.3. The molecule has 2 N–H and O–H groups in total. The van der Waals surface area contributed by atoms with E-state index in [0.29, 0.717) is 5.56 Å². The Balaban J connectivity index is 1.54. The lowest BCUT2D eigenvalue weighted by Gasteiger charge is -2.23. The molecule has 0 bridgehead atoms. The third-order valence-corrected chi connectivity index (χ3v) is 6.29. The second-order valence-electron chi connectivity index (χ2n) is 8.76. The van der Waals surface area contributed by atoms with Gasteiger partial charge < -0.3 is 10.6 Å². The molecule has 7 nitrogen and oxygen atoms in total. The summed E-state index contributed by atoms with van der Waals surface area (Å²) in [6.07, 6.45) is 3.40.